The van der Waals surface area contributed by atoms with Gasteiger partial charge in [0.25, 0.3) is 0 Å². The number of alkyl halides is 3. The summed E-state index contributed by atoms with van der Waals surface area (Å²) in [6, 6.07) is 3.27. The van der Waals surface area contributed by atoms with Crippen molar-refractivity contribution in [3.8, 4) is 0 Å². The molecule has 0 saturated carbocycles. The highest BCUT2D eigenvalue weighted by Gasteiger charge is 2.36. The molecule has 21 heavy (non-hydrogen) atoms. The number of para-hydroxylation sites is 1. The van der Waals surface area contributed by atoms with Crippen molar-refractivity contribution in [2.24, 2.45) is 0 Å². The number of urea groups is 1. The van der Waals surface area contributed by atoms with Crippen LogP contribution < -0.4 is 5.32 Å². The van der Waals surface area contributed by atoms with E-state index in [2.05, 4.69) is 5.32 Å². The zero-order valence-electron chi connectivity index (χ0n) is 11.0. The van der Waals surface area contributed by atoms with Crippen LogP contribution in [0.2, 0.25) is 0 Å². The summed E-state index contributed by atoms with van der Waals surface area (Å²) in [6.45, 7) is -0.378. The van der Waals surface area contributed by atoms with Crippen LogP contribution in [0.25, 0.3) is 0 Å². The number of benzene rings is 1. The van der Waals surface area contributed by atoms with Crippen molar-refractivity contribution in [1.82, 2.24) is 4.90 Å². The third-order valence-corrected chi connectivity index (χ3v) is 3.34. The molecule has 0 aliphatic carbocycles. The molecule has 8 heteroatoms. The number of rotatable bonds is 2. The molecule has 1 aromatic rings. The largest absolute Gasteiger partial charge is 0.418 e. The molecule has 1 aliphatic rings. The van der Waals surface area contributed by atoms with Crippen molar-refractivity contribution in [2.75, 3.05) is 18.5 Å². The second-order valence-electron chi connectivity index (χ2n) is 4.85. The molecule has 2 rings (SSSR count). The number of aliphatic hydroxyl groups excluding tert-OH is 2. The van der Waals surface area contributed by atoms with Gasteiger partial charge in [0.15, 0.2) is 0 Å². The van der Waals surface area contributed by atoms with Crippen LogP contribution >= 0.6 is 0 Å². The molecule has 1 saturated heterocycles. The lowest BCUT2D eigenvalue weighted by Gasteiger charge is -2.24. The molecule has 0 aromatic heterocycles. The van der Waals surface area contributed by atoms with E-state index in [0.717, 1.165) is 17.0 Å². The standard InChI is InChI=1S/C13H15F3N2O3/c14-13(15,16)10-3-1-2-4-11(10)17-12(21)18-6-9(20)5-8(18)7-19/h1-4,8-9,19-20H,5-7H2,(H,17,21)/t8-,9-/m0/s1. The number of nitrogens with one attached hydrogen (secondary N) is 1. The van der Waals surface area contributed by atoms with Gasteiger partial charge in [-0.05, 0) is 18.6 Å². The fourth-order valence-corrected chi connectivity index (χ4v) is 2.34. The van der Waals surface area contributed by atoms with E-state index in [9.17, 15) is 23.1 Å². The molecule has 2 atom stereocenters. The Bertz CT molecular complexity index is 522. The Kier molecular flexibility index (Phi) is 4.38. The lowest BCUT2D eigenvalue weighted by atomic mass is 10.1. The average molecular weight is 304 g/mol. The number of nitrogens with zero attached hydrogens (tertiary/aromatic N) is 1. The van der Waals surface area contributed by atoms with Crippen molar-refractivity contribution in [1.29, 1.82) is 0 Å². The van der Waals surface area contributed by atoms with E-state index in [4.69, 9.17) is 5.11 Å². The molecule has 0 radical (unpaired) electrons. The number of hydrogen-bond donors (Lipinski definition) is 3. The Labute approximate surface area is 119 Å². The number of carbonyl (C=O) groups is 1. The minimum absolute atomic E-state index is 0.0226. The highest BCUT2D eigenvalue weighted by Crippen LogP contribution is 2.34. The molecule has 116 valence electrons. The Hall–Kier alpha value is -1.80. The van der Waals surface area contributed by atoms with Crippen LogP contribution in [0.1, 0.15) is 12.0 Å². The number of amides is 2. The first-order valence-electron chi connectivity index (χ1n) is 6.35. The van der Waals surface area contributed by atoms with Crippen LogP contribution in [0.5, 0.6) is 0 Å². The van der Waals surface area contributed by atoms with Crippen molar-refractivity contribution in [3.05, 3.63) is 29.8 Å². The van der Waals surface area contributed by atoms with E-state index in [1.54, 1.807) is 0 Å². The number of β-amino-alcohol motifs (C(OH)–C–C–N with tert-alkyl or cyclic N) is 1. The minimum atomic E-state index is -4.58. The van der Waals surface area contributed by atoms with Gasteiger partial charge in [-0.1, -0.05) is 12.1 Å². The number of likely N-dealkylation sites (tertiary alicyclic amines) is 1. The second kappa shape index (κ2) is 5.90. The number of halogens is 3. The van der Waals surface area contributed by atoms with Gasteiger partial charge in [-0.15, -0.1) is 0 Å². The third-order valence-electron chi connectivity index (χ3n) is 3.34. The molecule has 1 aromatic carbocycles. The van der Waals surface area contributed by atoms with Gasteiger partial charge in [-0.25, -0.2) is 4.79 Å². The predicted octanol–water partition coefficient (Wildman–Crippen LogP) is 1.66. The van der Waals surface area contributed by atoms with Gasteiger partial charge < -0.3 is 20.4 Å². The number of aliphatic hydroxyl groups is 2. The summed E-state index contributed by atoms with van der Waals surface area (Å²) in [5, 5.41) is 20.8. The van der Waals surface area contributed by atoms with Gasteiger partial charge in [-0.2, -0.15) is 13.2 Å². The quantitative estimate of drug-likeness (QED) is 0.778. The van der Waals surface area contributed by atoms with E-state index < -0.39 is 29.9 Å². The Balaban J connectivity index is 2.17. The molecule has 5 nitrogen and oxygen atoms in total. The zero-order valence-corrected chi connectivity index (χ0v) is 11.0. The van der Waals surface area contributed by atoms with Crippen LogP contribution in [-0.4, -0.2) is 46.4 Å². The van der Waals surface area contributed by atoms with Crippen LogP contribution in [0.15, 0.2) is 24.3 Å². The van der Waals surface area contributed by atoms with Crippen LogP contribution in [0, 0.1) is 0 Å². The smallest absolute Gasteiger partial charge is 0.394 e. The van der Waals surface area contributed by atoms with Gasteiger partial charge in [-0.3, -0.25) is 0 Å². The van der Waals surface area contributed by atoms with Gasteiger partial charge in [0, 0.05) is 6.54 Å². The normalized spacial score (nSPS) is 22.4. The first-order valence-corrected chi connectivity index (χ1v) is 6.35. The number of carbonyl (C=O) groups excluding carboxylic acids is 1. The van der Waals surface area contributed by atoms with Crippen LogP contribution in [0.3, 0.4) is 0 Å². The Morgan fingerprint density at radius 1 is 1.38 bits per heavy atom. The van der Waals surface area contributed by atoms with E-state index in [1.165, 1.54) is 12.1 Å². The van der Waals surface area contributed by atoms with Gasteiger partial charge in [0.1, 0.15) is 0 Å². The molecular formula is C13H15F3N2O3. The second-order valence-corrected chi connectivity index (χ2v) is 4.85. The van der Waals surface area contributed by atoms with Gasteiger partial charge >= 0.3 is 12.2 Å². The fraction of sp³-hybridized carbons (Fsp3) is 0.462. The monoisotopic (exact) mass is 304 g/mol. The topological polar surface area (TPSA) is 72.8 Å². The Morgan fingerprint density at radius 2 is 2.05 bits per heavy atom. The highest BCUT2D eigenvalue weighted by atomic mass is 19.4. The maximum atomic E-state index is 12.8. The van der Waals surface area contributed by atoms with Crippen molar-refractivity contribution >= 4 is 11.7 Å². The molecule has 1 heterocycles. The van der Waals surface area contributed by atoms with E-state index in [-0.39, 0.29) is 25.3 Å². The number of hydrogen-bond acceptors (Lipinski definition) is 3. The minimum Gasteiger partial charge on any atom is -0.394 e. The first-order chi connectivity index (χ1) is 9.82. The summed E-state index contributed by atoms with van der Waals surface area (Å²) in [5.74, 6) is 0. The van der Waals surface area contributed by atoms with Gasteiger partial charge in [0.05, 0.1) is 30.0 Å². The van der Waals surface area contributed by atoms with E-state index >= 15 is 0 Å². The average Bonchev–Trinajstić information content (AvgIpc) is 2.79. The summed E-state index contributed by atoms with van der Waals surface area (Å²) in [4.78, 5) is 13.2. The highest BCUT2D eigenvalue weighted by molar-refractivity contribution is 5.90. The van der Waals surface area contributed by atoms with E-state index in [1.807, 2.05) is 0 Å². The predicted molar refractivity (Wildman–Crippen MR) is 68.7 cm³/mol. The molecule has 2 amide bonds. The summed E-state index contributed by atoms with van der Waals surface area (Å²) >= 11 is 0. The third kappa shape index (κ3) is 3.45. The van der Waals surface area contributed by atoms with Gasteiger partial charge in [0.2, 0.25) is 0 Å². The van der Waals surface area contributed by atoms with Crippen molar-refractivity contribution in [2.45, 2.75) is 24.7 Å². The summed E-state index contributed by atoms with van der Waals surface area (Å²) in [7, 11) is 0. The Morgan fingerprint density at radius 3 is 2.67 bits per heavy atom. The molecule has 1 aliphatic heterocycles. The lowest BCUT2D eigenvalue weighted by Crippen LogP contribution is -2.41. The summed E-state index contributed by atoms with van der Waals surface area (Å²) < 4.78 is 38.5. The number of anilines is 1. The molecule has 1 fully saturated rings. The molecule has 3 N–H and O–H groups in total. The van der Waals surface area contributed by atoms with Crippen LogP contribution in [-0.2, 0) is 6.18 Å². The van der Waals surface area contributed by atoms with Crippen molar-refractivity contribution < 1.29 is 28.2 Å². The summed E-state index contributed by atoms with van der Waals surface area (Å²) in [5.41, 5.74) is -1.30. The lowest BCUT2D eigenvalue weighted by molar-refractivity contribution is -0.136. The fourth-order valence-electron chi connectivity index (χ4n) is 2.34. The van der Waals surface area contributed by atoms with Crippen LogP contribution in [0.4, 0.5) is 23.7 Å². The molecular weight excluding hydrogens is 289 g/mol. The van der Waals surface area contributed by atoms with Crippen molar-refractivity contribution in [3.63, 3.8) is 0 Å². The molecule has 0 unspecified atom stereocenters. The maximum absolute atomic E-state index is 12.8. The first kappa shape index (κ1) is 15.6. The zero-order chi connectivity index (χ0) is 15.6. The SMILES string of the molecule is O=C(Nc1ccccc1C(F)(F)F)N1C[C@@H](O)C[C@H]1CO. The van der Waals surface area contributed by atoms with E-state index in [0.29, 0.717) is 0 Å². The summed E-state index contributed by atoms with van der Waals surface area (Å²) in [6.07, 6.45) is -5.17. The molecule has 0 bridgehead atoms. The maximum Gasteiger partial charge on any atom is 0.418 e. The molecule has 0 spiro atoms.